The lowest BCUT2D eigenvalue weighted by Crippen LogP contribution is -2.27. The van der Waals surface area contributed by atoms with Crippen molar-refractivity contribution in [3.05, 3.63) is 97.4 Å². The van der Waals surface area contributed by atoms with Gasteiger partial charge in [0.25, 0.3) is 5.91 Å². The lowest BCUT2D eigenvalue weighted by molar-refractivity contribution is 0.102. The number of carbonyl (C=O) groups excluding carboxylic acids is 1. The summed E-state index contributed by atoms with van der Waals surface area (Å²) in [6, 6.07) is 15.1. The number of halogens is 1. The van der Waals surface area contributed by atoms with Gasteiger partial charge in [-0.1, -0.05) is 55.8 Å². The molecule has 4 nitrogen and oxygen atoms in total. The monoisotopic (exact) mass is 422 g/mol. The van der Waals surface area contributed by atoms with E-state index in [4.69, 9.17) is 11.6 Å². The largest absolute Gasteiger partial charge is 0.344 e. The summed E-state index contributed by atoms with van der Waals surface area (Å²) in [6.45, 7) is 8.38. The Balaban J connectivity index is 2.01. The van der Waals surface area contributed by atoms with Gasteiger partial charge in [-0.05, 0) is 55.5 Å². The van der Waals surface area contributed by atoms with Crippen LogP contribution in [0.15, 0.2) is 53.3 Å². The van der Waals surface area contributed by atoms with E-state index in [1.54, 1.807) is 0 Å². The number of nitrogens with zero attached hydrogens (tertiary/aromatic N) is 1. The third-order valence-electron chi connectivity index (χ3n) is 5.50. The highest BCUT2D eigenvalue weighted by Gasteiger charge is 2.19. The molecule has 0 radical (unpaired) electrons. The van der Waals surface area contributed by atoms with Gasteiger partial charge in [0.1, 0.15) is 5.56 Å². The van der Waals surface area contributed by atoms with Crippen molar-refractivity contribution in [2.24, 2.45) is 0 Å². The second kappa shape index (κ2) is 9.31. The van der Waals surface area contributed by atoms with Gasteiger partial charge < -0.3 is 9.88 Å². The van der Waals surface area contributed by atoms with Crippen LogP contribution in [-0.2, 0) is 19.4 Å². The molecular formula is C25H27ClN2O2. The highest BCUT2D eigenvalue weighted by atomic mass is 35.5. The molecule has 0 spiro atoms. The molecule has 0 aliphatic heterocycles. The van der Waals surface area contributed by atoms with Crippen LogP contribution in [-0.4, -0.2) is 10.5 Å². The molecule has 30 heavy (non-hydrogen) atoms. The van der Waals surface area contributed by atoms with Crippen molar-refractivity contribution in [1.29, 1.82) is 0 Å². The summed E-state index contributed by atoms with van der Waals surface area (Å²) in [7, 11) is 0. The van der Waals surface area contributed by atoms with Crippen LogP contribution in [0.1, 0.15) is 52.3 Å². The summed E-state index contributed by atoms with van der Waals surface area (Å²) in [4.78, 5) is 26.0. The fourth-order valence-electron chi connectivity index (χ4n) is 3.79. The quantitative estimate of drug-likeness (QED) is 0.566. The van der Waals surface area contributed by atoms with E-state index in [1.807, 2.05) is 60.9 Å². The fraction of sp³-hybridized carbons (Fsp3) is 0.280. The highest BCUT2D eigenvalue weighted by Crippen LogP contribution is 2.24. The fourth-order valence-corrected chi connectivity index (χ4v) is 3.91. The zero-order chi connectivity index (χ0) is 21.8. The van der Waals surface area contributed by atoms with Gasteiger partial charge in [-0.3, -0.25) is 9.59 Å². The van der Waals surface area contributed by atoms with Gasteiger partial charge in [-0.25, -0.2) is 0 Å². The maximum absolute atomic E-state index is 13.2. The molecule has 156 valence electrons. The van der Waals surface area contributed by atoms with Crippen LogP contribution in [0.4, 0.5) is 5.69 Å². The first-order chi connectivity index (χ1) is 14.3. The van der Waals surface area contributed by atoms with Crippen molar-refractivity contribution >= 4 is 23.2 Å². The number of benzene rings is 2. The number of nitrogens with one attached hydrogen (secondary N) is 1. The van der Waals surface area contributed by atoms with E-state index in [9.17, 15) is 9.59 Å². The smallest absolute Gasteiger partial charge is 0.261 e. The SMILES string of the molecule is CCc1cccc(CC)c1NC(=O)c1c(C)n(Cc2ccc(Cl)cc2)c(C)cc1=O. The normalized spacial score (nSPS) is 10.8. The number of hydrogen-bond donors (Lipinski definition) is 1. The van der Waals surface area contributed by atoms with Crippen LogP contribution >= 0.6 is 11.6 Å². The van der Waals surface area contributed by atoms with E-state index in [2.05, 4.69) is 19.2 Å². The van der Waals surface area contributed by atoms with Crippen molar-refractivity contribution in [2.45, 2.75) is 47.1 Å². The zero-order valence-corrected chi connectivity index (χ0v) is 18.6. The van der Waals surface area contributed by atoms with Gasteiger partial charge in [0.05, 0.1) is 0 Å². The number of para-hydroxylation sites is 1. The molecule has 3 aromatic rings. The Labute approximate surface area is 182 Å². The Morgan fingerprint density at radius 3 is 2.17 bits per heavy atom. The molecule has 1 aromatic heterocycles. The van der Waals surface area contributed by atoms with Gasteiger partial charge >= 0.3 is 0 Å². The van der Waals surface area contributed by atoms with E-state index in [0.29, 0.717) is 17.3 Å². The molecule has 0 saturated carbocycles. The lowest BCUT2D eigenvalue weighted by atomic mass is 10.0. The molecule has 1 amide bonds. The van der Waals surface area contributed by atoms with Crippen molar-refractivity contribution < 1.29 is 4.79 Å². The third-order valence-corrected chi connectivity index (χ3v) is 5.75. The second-order valence-electron chi connectivity index (χ2n) is 7.44. The summed E-state index contributed by atoms with van der Waals surface area (Å²) < 4.78 is 1.99. The molecule has 0 atom stereocenters. The zero-order valence-electron chi connectivity index (χ0n) is 17.9. The molecule has 0 saturated heterocycles. The van der Waals surface area contributed by atoms with Crippen LogP contribution in [0.2, 0.25) is 5.02 Å². The van der Waals surface area contributed by atoms with Gasteiger partial charge in [0.2, 0.25) is 0 Å². The lowest BCUT2D eigenvalue weighted by Gasteiger charge is -2.19. The average Bonchev–Trinajstić information content (AvgIpc) is 2.72. The molecule has 0 unspecified atom stereocenters. The number of carbonyl (C=O) groups is 1. The number of rotatable bonds is 6. The number of amides is 1. The van der Waals surface area contributed by atoms with Crippen LogP contribution in [0.25, 0.3) is 0 Å². The summed E-state index contributed by atoms with van der Waals surface area (Å²) in [5.74, 6) is -0.363. The Bertz CT molecular complexity index is 1110. The summed E-state index contributed by atoms with van der Waals surface area (Å²) >= 11 is 5.99. The molecule has 0 fully saturated rings. The van der Waals surface area contributed by atoms with E-state index >= 15 is 0 Å². The Morgan fingerprint density at radius 1 is 1.00 bits per heavy atom. The van der Waals surface area contributed by atoms with Crippen molar-refractivity contribution in [1.82, 2.24) is 4.57 Å². The number of pyridine rings is 1. The topological polar surface area (TPSA) is 51.1 Å². The molecule has 1 N–H and O–H groups in total. The van der Waals surface area contributed by atoms with E-state index in [0.717, 1.165) is 40.9 Å². The predicted octanol–water partition coefficient (Wildman–Crippen LogP) is 5.54. The third kappa shape index (κ3) is 4.49. The maximum Gasteiger partial charge on any atom is 0.261 e. The summed E-state index contributed by atoms with van der Waals surface area (Å²) in [5.41, 5.74) is 5.38. The number of hydrogen-bond acceptors (Lipinski definition) is 2. The van der Waals surface area contributed by atoms with Crippen LogP contribution in [0.3, 0.4) is 0 Å². The highest BCUT2D eigenvalue weighted by molar-refractivity contribution is 6.30. The first kappa shape index (κ1) is 21.8. The summed E-state index contributed by atoms with van der Waals surface area (Å²) in [6.07, 6.45) is 1.61. The molecule has 3 rings (SSSR count). The number of aromatic nitrogens is 1. The van der Waals surface area contributed by atoms with Crippen molar-refractivity contribution in [2.75, 3.05) is 5.32 Å². The molecule has 0 bridgehead atoms. The van der Waals surface area contributed by atoms with Crippen molar-refractivity contribution in [3.63, 3.8) is 0 Å². The number of aryl methyl sites for hydroxylation is 3. The molecule has 0 aliphatic carbocycles. The van der Waals surface area contributed by atoms with Gasteiger partial charge in [0.15, 0.2) is 5.43 Å². The standard InChI is InChI=1S/C25H27ClN2O2/c1-5-19-8-7-9-20(6-2)24(19)27-25(30)23-17(4)28(16(3)14-22(23)29)15-18-10-12-21(26)13-11-18/h7-14H,5-6,15H2,1-4H3,(H,27,30). The predicted molar refractivity (Wildman–Crippen MR) is 124 cm³/mol. The minimum absolute atomic E-state index is 0.183. The van der Waals surface area contributed by atoms with E-state index in [-0.39, 0.29) is 16.9 Å². The van der Waals surface area contributed by atoms with Crippen LogP contribution in [0, 0.1) is 13.8 Å². The maximum atomic E-state index is 13.2. The molecule has 1 heterocycles. The summed E-state index contributed by atoms with van der Waals surface area (Å²) in [5, 5.41) is 3.70. The van der Waals surface area contributed by atoms with Crippen molar-refractivity contribution in [3.8, 4) is 0 Å². The number of anilines is 1. The molecule has 0 aliphatic rings. The Kier molecular flexibility index (Phi) is 6.78. The second-order valence-corrected chi connectivity index (χ2v) is 7.87. The Hall–Kier alpha value is -2.85. The first-order valence-electron chi connectivity index (χ1n) is 10.2. The van der Waals surface area contributed by atoms with Gasteiger partial charge in [0, 0.05) is 34.7 Å². The molecule has 2 aromatic carbocycles. The van der Waals surface area contributed by atoms with E-state index in [1.165, 1.54) is 6.07 Å². The van der Waals surface area contributed by atoms with Crippen LogP contribution in [0.5, 0.6) is 0 Å². The van der Waals surface area contributed by atoms with Gasteiger partial charge in [-0.2, -0.15) is 0 Å². The van der Waals surface area contributed by atoms with Gasteiger partial charge in [-0.15, -0.1) is 0 Å². The van der Waals surface area contributed by atoms with E-state index < -0.39 is 0 Å². The average molecular weight is 423 g/mol. The Morgan fingerprint density at radius 2 is 1.60 bits per heavy atom. The minimum atomic E-state index is -0.363. The first-order valence-corrected chi connectivity index (χ1v) is 10.6. The van der Waals surface area contributed by atoms with Crippen LogP contribution < -0.4 is 10.7 Å². The molecular weight excluding hydrogens is 396 g/mol. The minimum Gasteiger partial charge on any atom is -0.344 e. The molecule has 5 heteroatoms.